The van der Waals surface area contributed by atoms with Crippen molar-refractivity contribution in [2.75, 3.05) is 13.2 Å². The van der Waals surface area contributed by atoms with E-state index in [2.05, 4.69) is 5.32 Å². The molecule has 0 radical (unpaired) electrons. The number of hydrogen-bond acceptors (Lipinski definition) is 6. The van der Waals surface area contributed by atoms with Crippen molar-refractivity contribution in [1.82, 2.24) is 10.6 Å². The molecule has 0 saturated carbocycles. The maximum Gasteiger partial charge on any atom is 0.437 e. The fraction of sp³-hybridized carbons (Fsp3) is 0.500. The lowest BCUT2D eigenvalue weighted by atomic mass is 9.82. The van der Waals surface area contributed by atoms with Crippen LogP contribution in [0.4, 0.5) is 13.2 Å². The average Bonchev–Trinajstić information content (AvgIpc) is 2.55. The zero-order valence-corrected chi connectivity index (χ0v) is 15.3. The van der Waals surface area contributed by atoms with Crippen LogP contribution in [0, 0.1) is 5.92 Å². The highest BCUT2D eigenvalue weighted by atomic mass is 32.1. The highest BCUT2D eigenvalue weighted by Gasteiger charge is 2.66. The molecule has 0 unspecified atom stereocenters. The van der Waals surface area contributed by atoms with Gasteiger partial charge in [-0.1, -0.05) is 6.07 Å². The van der Waals surface area contributed by atoms with Gasteiger partial charge in [-0.05, 0) is 43.8 Å². The molecule has 1 saturated heterocycles. The maximum atomic E-state index is 13.6. The number of benzene rings is 1. The molecule has 1 aliphatic heterocycles. The van der Waals surface area contributed by atoms with E-state index in [4.69, 9.17) is 21.7 Å². The first-order valence-corrected chi connectivity index (χ1v) is 8.46. The van der Waals surface area contributed by atoms with Crippen LogP contribution < -0.4 is 15.4 Å². The molecule has 0 spiro atoms. The standard InChI is InChI=1S/C16H19F3N2O5S/c1-3-25-10-7-8(5-6-9(10)22)12-11(13(23)26-4-2)15(24,16(17,18)19)21-14(27)20-12/h5-7,11-12,22,24H,3-4H2,1-2H3,(H2,20,21,27)/t11-,12+,15+/m1/s1. The Labute approximate surface area is 158 Å². The molecule has 4 N–H and O–H groups in total. The molecule has 11 heteroatoms. The zero-order chi connectivity index (χ0) is 20.4. The Morgan fingerprint density at radius 1 is 1.33 bits per heavy atom. The number of phenolic OH excluding ortho intramolecular Hbond substituents is 1. The van der Waals surface area contributed by atoms with Crippen LogP contribution >= 0.6 is 12.2 Å². The summed E-state index contributed by atoms with van der Waals surface area (Å²) in [5.41, 5.74) is -3.50. The van der Waals surface area contributed by atoms with Crippen molar-refractivity contribution in [3.63, 3.8) is 0 Å². The van der Waals surface area contributed by atoms with Crippen molar-refractivity contribution in [2.24, 2.45) is 5.92 Å². The number of halogens is 3. The maximum absolute atomic E-state index is 13.6. The normalized spacial score (nSPS) is 25.3. The molecular weight excluding hydrogens is 389 g/mol. The van der Waals surface area contributed by atoms with Gasteiger partial charge < -0.3 is 30.3 Å². The molecule has 1 heterocycles. The van der Waals surface area contributed by atoms with Gasteiger partial charge in [-0.2, -0.15) is 13.2 Å². The number of carbonyl (C=O) groups is 1. The molecule has 2 rings (SSSR count). The van der Waals surface area contributed by atoms with E-state index in [9.17, 15) is 28.2 Å². The van der Waals surface area contributed by atoms with Crippen molar-refractivity contribution in [1.29, 1.82) is 0 Å². The van der Waals surface area contributed by atoms with Crippen molar-refractivity contribution >= 4 is 23.3 Å². The summed E-state index contributed by atoms with van der Waals surface area (Å²) in [6, 6.07) is 2.39. The van der Waals surface area contributed by atoms with Crippen molar-refractivity contribution in [3.8, 4) is 11.5 Å². The monoisotopic (exact) mass is 408 g/mol. The number of phenols is 1. The number of nitrogens with one attached hydrogen (secondary N) is 2. The Kier molecular flexibility index (Phi) is 6.05. The number of aromatic hydroxyl groups is 1. The molecular formula is C16H19F3N2O5S. The average molecular weight is 408 g/mol. The van der Waals surface area contributed by atoms with E-state index in [0.717, 1.165) is 0 Å². The Bertz CT molecular complexity index is 730. The van der Waals surface area contributed by atoms with Gasteiger partial charge in [0.1, 0.15) is 5.92 Å². The molecule has 150 valence electrons. The summed E-state index contributed by atoms with van der Waals surface area (Å²) in [4.78, 5) is 12.3. The third kappa shape index (κ3) is 4.03. The Balaban J connectivity index is 2.58. The van der Waals surface area contributed by atoms with E-state index in [-0.39, 0.29) is 30.3 Å². The van der Waals surface area contributed by atoms with Crippen LogP contribution in [0.5, 0.6) is 11.5 Å². The molecule has 7 nitrogen and oxygen atoms in total. The topological polar surface area (TPSA) is 100 Å². The van der Waals surface area contributed by atoms with E-state index < -0.39 is 34.9 Å². The van der Waals surface area contributed by atoms with Gasteiger partial charge in [-0.15, -0.1) is 0 Å². The summed E-state index contributed by atoms with van der Waals surface area (Å²) in [7, 11) is 0. The first-order valence-electron chi connectivity index (χ1n) is 8.05. The fourth-order valence-corrected chi connectivity index (χ4v) is 3.09. The molecule has 1 aliphatic rings. The highest BCUT2D eigenvalue weighted by molar-refractivity contribution is 7.80. The predicted molar refractivity (Wildman–Crippen MR) is 92.0 cm³/mol. The number of carbonyl (C=O) groups excluding carboxylic acids is 1. The number of hydrogen-bond donors (Lipinski definition) is 4. The van der Waals surface area contributed by atoms with Crippen LogP contribution in [-0.4, -0.2) is 46.4 Å². The summed E-state index contributed by atoms with van der Waals surface area (Å²) >= 11 is 4.80. The smallest absolute Gasteiger partial charge is 0.437 e. The third-order valence-corrected chi connectivity index (χ3v) is 4.21. The first kappa shape index (κ1) is 21.0. The van der Waals surface area contributed by atoms with Crippen LogP contribution in [0.2, 0.25) is 0 Å². The number of alkyl halides is 3. The molecule has 1 aromatic rings. The van der Waals surface area contributed by atoms with E-state index in [1.807, 2.05) is 0 Å². The van der Waals surface area contributed by atoms with Crippen LogP contribution in [0.25, 0.3) is 0 Å². The summed E-state index contributed by atoms with van der Waals surface area (Å²) in [6.07, 6.45) is -5.23. The molecule has 27 heavy (non-hydrogen) atoms. The SMILES string of the molecule is CCOC(=O)[C@H]1[C@H](c2ccc(O)c(OCC)c2)NC(=S)N[C@@]1(O)C(F)(F)F. The first-order chi connectivity index (χ1) is 12.5. The summed E-state index contributed by atoms with van der Waals surface area (Å²) in [5.74, 6) is -3.59. The molecule has 0 aromatic heterocycles. The van der Waals surface area contributed by atoms with Crippen LogP contribution in [0.15, 0.2) is 18.2 Å². The van der Waals surface area contributed by atoms with Crippen LogP contribution in [-0.2, 0) is 9.53 Å². The summed E-state index contributed by atoms with van der Waals surface area (Å²) < 4.78 is 50.9. The van der Waals surface area contributed by atoms with Crippen molar-refractivity contribution in [2.45, 2.75) is 31.8 Å². The van der Waals surface area contributed by atoms with E-state index in [0.29, 0.717) is 0 Å². The largest absolute Gasteiger partial charge is 0.504 e. The number of aliphatic hydroxyl groups is 1. The molecule has 3 atom stereocenters. The van der Waals surface area contributed by atoms with Gasteiger partial charge in [0.2, 0.25) is 0 Å². The Morgan fingerprint density at radius 2 is 2.00 bits per heavy atom. The van der Waals surface area contributed by atoms with E-state index in [1.165, 1.54) is 25.1 Å². The van der Waals surface area contributed by atoms with Gasteiger partial charge in [0.25, 0.3) is 5.72 Å². The summed E-state index contributed by atoms with van der Waals surface area (Å²) in [6.45, 7) is 3.11. The predicted octanol–water partition coefficient (Wildman–Crippen LogP) is 1.74. The molecule has 1 fully saturated rings. The fourth-order valence-electron chi connectivity index (χ4n) is 2.81. The van der Waals surface area contributed by atoms with Gasteiger partial charge in [0, 0.05) is 0 Å². The van der Waals surface area contributed by atoms with E-state index >= 15 is 0 Å². The molecule has 0 amide bonds. The van der Waals surface area contributed by atoms with Gasteiger partial charge in [-0.25, -0.2) is 0 Å². The lowest BCUT2D eigenvalue weighted by Crippen LogP contribution is -2.73. The minimum Gasteiger partial charge on any atom is -0.504 e. The second-order valence-electron chi connectivity index (χ2n) is 5.73. The third-order valence-electron chi connectivity index (χ3n) is 3.99. The van der Waals surface area contributed by atoms with E-state index in [1.54, 1.807) is 12.2 Å². The van der Waals surface area contributed by atoms with Gasteiger partial charge in [0.05, 0.1) is 19.3 Å². The lowest BCUT2D eigenvalue weighted by Gasteiger charge is -2.45. The van der Waals surface area contributed by atoms with Gasteiger partial charge in [0.15, 0.2) is 16.6 Å². The second kappa shape index (κ2) is 7.77. The molecule has 0 bridgehead atoms. The number of rotatable bonds is 5. The lowest BCUT2D eigenvalue weighted by molar-refractivity contribution is -0.292. The van der Waals surface area contributed by atoms with Crippen molar-refractivity contribution < 1.29 is 37.7 Å². The Hall–Kier alpha value is -2.27. The molecule has 1 aromatic carbocycles. The van der Waals surface area contributed by atoms with Crippen LogP contribution in [0.3, 0.4) is 0 Å². The number of ether oxygens (including phenoxy) is 2. The number of esters is 1. The minimum atomic E-state index is -5.23. The minimum absolute atomic E-state index is 0.0133. The second-order valence-corrected chi connectivity index (χ2v) is 6.14. The quantitative estimate of drug-likeness (QED) is 0.432. The van der Waals surface area contributed by atoms with Gasteiger partial charge >= 0.3 is 12.1 Å². The Morgan fingerprint density at radius 3 is 2.56 bits per heavy atom. The zero-order valence-electron chi connectivity index (χ0n) is 14.5. The van der Waals surface area contributed by atoms with Crippen LogP contribution in [0.1, 0.15) is 25.5 Å². The summed E-state index contributed by atoms with van der Waals surface area (Å²) in [5, 5.41) is 24.0. The number of thiocarbonyl (C=S) groups is 1. The van der Waals surface area contributed by atoms with Crippen molar-refractivity contribution in [3.05, 3.63) is 23.8 Å². The highest BCUT2D eigenvalue weighted by Crippen LogP contribution is 2.44. The van der Waals surface area contributed by atoms with Gasteiger partial charge in [-0.3, -0.25) is 4.79 Å². The molecule has 0 aliphatic carbocycles.